The Labute approximate surface area is 259 Å². The maximum atomic E-state index is 8.49. The van der Waals surface area contributed by atoms with Crippen molar-refractivity contribution >= 4 is 37.1 Å². The van der Waals surface area contributed by atoms with Crippen LogP contribution in [0.5, 0.6) is 0 Å². The first-order valence-corrected chi connectivity index (χ1v) is 16.9. The van der Waals surface area contributed by atoms with Crippen LogP contribution in [-0.2, 0) is 20.4 Å². The van der Waals surface area contributed by atoms with E-state index in [1.54, 1.807) is 0 Å². The molecule has 224 valence electrons. The molecule has 0 saturated carbocycles. The zero-order valence-corrected chi connectivity index (χ0v) is 26.3. The molecule has 0 fully saturated rings. The maximum absolute atomic E-state index is 8.49. The van der Waals surface area contributed by atoms with Gasteiger partial charge in [0.25, 0.3) is 0 Å². The molecule has 14 heteroatoms. The largest absolute Gasteiger partial charge is 2.00 e. The van der Waals surface area contributed by atoms with Crippen LogP contribution in [0.4, 0.5) is 0 Å². The van der Waals surface area contributed by atoms with Gasteiger partial charge in [0.15, 0.2) is 0 Å². The standard InChI is InChI=1S/C27H26P2.2ClHO4.H2O.Pd/c1-5-14-24(15-6-1)28(25-16-7-2-8-17-25)22-13-23-29(26-18-9-3-10-19-26)27-20-11-4-12-21-27;2*2-1(3,4)5;;/h1-12,14-21H,13,22-23H2;2*(H,2,3,4,5);1H2;/q;;;;+2/p-2. The number of halogens is 2. The van der Waals surface area contributed by atoms with Gasteiger partial charge in [-0.2, -0.15) is 0 Å². The molecule has 0 unspecified atom stereocenters. The first-order valence-electron chi connectivity index (χ1n) is 11.4. The molecule has 0 bridgehead atoms. The van der Waals surface area contributed by atoms with E-state index in [1.165, 1.54) is 40.0 Å². The summed E-state index contributed by atoms with van der Waals surface area (Å²) in [6.07, 6.45) is 3.72. The molecule has 0 radical (unpaired) electrons. The molecule has 0 aliphatic heterocycles. The van der Waals surface area contributed by atoms with E-state index < -0.39 is 20.5 Å². The smallest absolute Gasteiger partial charge is 0.412 e. The minimum Gasteiger partial charge on any atom is -0.412 e. The van der Waals surface area contributed by atoms with Gasteiger partial charge in [-0.15, -0.1) is 20.5 Å². The predicted molar refractivity (Wildman–Crippen MR) is 136 cm³/mol. The minimum absolute atomic E-state index is 0. The normalized spacial score (nSPS) is 10.8. The van der Waals surface area contributed by atoms with Gasteiger partial charge in [-0.05, 0) is 55.8 Å². The summed E-state index contributed by atoms with van der Waals surface area (Å²) in [4.78, 5) is 0. The van der Waals surface area contributed by atoms with Crippen LogP contribution in [-0.4, -0.2) is 17.8 Å². The Morgan fingerprint density at radius 3 is 0.732 bits per heavy atom. The average molecular weight is 736 g/mol. The Bertz CT molecular complexity index is 1000. The second kappa shape index (κ2) is 20.5. The summed E-state index contributed by atoms with van der Waals surface area (Å²) in [5, 5.41) is 5.94. The summed E-state index contributed by atoms with van der Waals surface area (Å²) < 4.78 is 67.9. The van der Waals surface area contributed by atoms with Crippen molar-refractivity contribution in [3.05, 3.63) is 121 Å². The summed E-state index contributed by atoms with van der Waals surface area (Å²) in [6.45, 7) is 0. The molecule has 0 aliphatic rings. The van der Waals surface area contributed by atoms with E-state index >= 15 is 0 Å². The number of rotatable bonds is 8. The quantitative estimate of drug-likeness (QED) is 0.126. The van der Waals surface area contributed by atoms with E-state index in [0.717, 1.165) is 0 Å². The molecule has 4 aromatic carbocycles. The third-order valence-electron chi connectivity index (χ3n) is 5.03. The Kier molecular flexibility index (Phi) is 19.8. The summed E-state index contributed by atoms with van der Waals surface area (Å²) >= 11 is 0. The van der Waals surface area contributed by atoms with Crippen LogP contribution in [0.1, 0.15) is 6.42 Å². The van der Waals surface area contributed by atoms with Crippen molar-refractivity contribution in [2.75, 3.05) is 12.3 Å². The summed E-state index contributed by atoms with van der Waals surface area (Å²) in [6, 6.07) is 44.3. The SMILES string of the molecule is O.[O-][Cl+3]([O-])([O-])[O-].[O-][Cl+3]([O-])([O-])[O-].[Pd+2].c1ccc(P(CCCP(c2ccccc2)c2ccccc2)c2ccccc2)cc1. The molecule has 9 nitrogen and oxygen atoms in total. The second-order valence-corrected chi connectivity index (χ2v) is 13.9. The van der Waals surface area contributed by atoms with Gasteiger partial charge in [-0.3, -0.25) is 0 Å². The average Bonchev–Trinajstić information content (AvgIpc) is 2.89. The van der Waals surface area contributed by atoms with Gasteiger partial charge in [-0.25, -0.2) is 37.3 Å². The molecule has 0 amide bonds. The molecule has 0 heterocycles. The number of benzene rings is 4. The van der Waals surface area contributed by atoms with Gasteiger partial charge in [0.2, 0.25) is 0 Å². The molecular weight excluding hydrogens is 708 g/mol. The van der Waals surface area contributed by atoms with Crippen LogP contribution in [0, 0.1) is 20.5 Å². The van der Waals surface area contributed by atoms with Crippen LogP contribution in [0.2, 0.25) is 0 Å². The van der Waals surface area contributed by atoms with Gasteiger partial charge < -0.3 is 5.48 Å². The Hall–Kier alpha value is -1.38. The zero-order chi connectivity index (χ0) is 28.7. The van der Waals surface area contributed by atoms with Crippen molar-refractivity contribution in [2.45, 2.75) is 6.42 Å². The Morgan fingerprint density at radius 2 is 0.561 bits per heavy atom. The first-order chi connectivity index (χ1) is 18.4. The van der Waals surface area contributed by atoms with E-state index in [2.05, 4.69) is 121 Å². The van der Waals surface area contributed by atoms with Gasteiger partial charge in [0.1, 0.15) is 0 Å². The molecule has 0 aromatic heterocycles. The molecular formula is C27H28Cl2O9P2Pd. The Balaban J connectivity index is 0.00000116. The molecule has 0 saturated heterocycles. The topological polar surface area (TPSA) is 216 Å². The molecule has 2 N–H and O–H groups in total. The monoisotopic (exact) mass is 734 g/mol. The van der Waals surface area contributed by atoms with Crippen LogP contribution < -0.4 is 58.5 Å². The van der Waals surface area contributed by atoms with E-state index in [4.69, 9.17) is 37.3 Å². The van der Waals surface area contributed by atoms with Gasteiger partial charge in [0.05, 0.1) is 0 Å². The second-order valence-electron chi connectivity index (χ2n) is 7.75. The molecule has 41 heavy (non-hydrogen) atoms. The molecule has 4 rings (SSSR count). The van der Waals surface area contributed by atoms with Crippen molar-refractivity contribution < 1.29 is 83.7 Å². The van der Waals surface area contributed by atoms with E-state index in [1.807, 2.05) is 0 Å². The zero-order valence-electron chi connectivity index (χ0n) is 21.4. The van der Waals surface area contributed by atoms with E-state index in [9.17, 15) is 0 Å². The van der Waals surface area contributed by atoms with Crippen LogP contribution in [0.3, 0.4) is 0 Å². The molecule has 0 atom stereocenters. The van der Waals surface area contributed by atoms with Gasteiger partial charge >= 0.3 is 20.4 Å². The summed E-state index contributed by atoms with van der Waals surface area (Å²) in [7, 11) is -10.5. The maximum Gasteiger partial charge on any atom is 2.00 e. The van der Waals surface area contributed by atoms with Crippen molar-refractivity contribution in [2.24, 2.45) is 0 Å². The Morgan fingerprint density at radius 1 is 0.390 bits per heavy atom. The first kappa shape index (κ1) is 39.6. The van der Waals surface area contributed by atoms with Crippen molar-refractivity contribution in [1.29, 1.82) is 0 Å². The van der Waals surface area contributed by atoms with Crippen LogP contribution >= 0.6 is 15.8 Å². The fourth-order valence-corrected chi connectivity index (χ4v) is 8.59. The fraction of sp³-hybridized carbons (Fsp3) is 0.111. The number of hydrogen-bond acceptors (Lipinski definition) is 8. The van der Waals surface area contributed by atoms with E-state index in [0.29, 0.717) is 0 Å². The third-order valence-corrected chi connectivity index (χ3v) is 10.2. The van der Waals surface area contributed by atoms with Crippen molar-refractivity contribution in [3.63, 3.8) is 0 Å². The van der Waals surface area contributed by atoms with Crippen LogP contribution in [0.25, 0.3) is 0 Å². The van der Waals surface area contributed by atoms with Crippen molar-refractivity contribution in [1.82, 2.24) is 0 Å². The predicted octanol–water partition coefficient (Wildman–Crippen LogP) is -4.70. The van der Waals surface area contributed by atoms with Gasteiger partial charge in [-0.1, -0.05) is 121 Å². The molecule has 4 aromatic rings. The fourth-order valence-electron chi connectivity index (χ4n) is 3.63. The van der Waals surface area contributed by atoms with Gasteiger partial charge in [0, 0.05) is 0 Å². The van der Waals surface area contributed by atoms with Crippen LogP contribution in [0.15, 0.2) is 121 Å². The number of hydrogen-bond donors (Lipinski definition) is 0. The third kappa shape index (κ3) is 18.7. The molecule has 0 aliphatic carbocycles. The summed E-state index contributed by atoms with van der Waals surface area (Å²) in [5.74, 6) is 0. The van der Waals surface area contributed by atoms with E-state index in [-0.39, 0.29) is 41.7 Å². The molecule has 0 spiro atoms. The summed E-state index contributed by atoms with van der Waals surface area (Å²) in [5.41, 5.74) is 0. The minimum atomic E-state index is -4.94. The van der Waals surface area contributed by atoms with Crippen molar-refractivity contribution in [3.8, 4) is 0 Å².